The van der Waals surface area contributed by atoms with Crippen LogP contribution in [0.15, 0.2) is 36.4 Å². The number of aromatic nitrogens is 1. The number of aryl methyl sites for hydroxylation is 1. The van der Waals surface area contributed by atoms with E-state index in [-0.39, 0.29) is 0 Å². The molecule has 1 aromatic heterocycles. The van der Waals surface area contributed by atoms with Gasteiger partial charge in [0.15, 0.2) is 0 Å². The molecular formula is C16H21N3. The molecule has 0 saturated heterocycles. The van der Waals surface area contributed by atoms with E-state index < -0.39 is 0 Å². The summed E-state index contributed by atoms with van der Waals surface area (Å²) in [5.74, 6) is 0. The molecule has 19 heavy (non-hydrogen) atoms. The lowest BCUT2D eigenvalue weighted by Crippen LogP contribution is -2.09. The van der Waals surface area contributed by atoms with Crippen molar-refractivity contribution in [3.05, 3.63) is 53.2 Å². The first kappa shape index (κ1) is 13.7. The first-order chi connectivity index (χ1) is 9.24. The fraction of sp³-hybridized carbons (Fsp3) is 0.312. The number of benzene rings is 1. The molecule has 3 nitrogen and oxygen atoms in total. The molecule has 0 fully saturated rings. The van der Waals surface area contributed by atoms with Crippen molar-refractivity contribution in [1.29, 1.82) is 0 Å². The zero-order chi connectivity index (χ0) is 13.7. The molecule has 0 aliphatic rings. The summed E-state index contributed by atoms with van der Waals surface area (Å²) < 4.78 is 0. The van der Waals surface area contributed by atoms with Crippen LogP contribution in [-0.4, -0.2) is 19.1 Å². The minimum atomic E-state index is 0.793. The fourth-order valence-electron chi connectivity index (χ4n) is 2.22. The van der Waals surface area contributed by atoms with Gasteiger partial charge in [0.1, 0.15) is 0 Å². The second-order valence-electron chi connectivity index (χ2n) is 4.74. The minimum absolute atomic E-state index is 0.793. The Bertz CT molecular complexity index is 549. The standard InChI is InChI=1S/C16H21N3/c1-12-7-8-15(13(9-12)10-17-2)16-6-4-5-14(19-16)11-18-3/h4-9,17-18H,10-11H2,1-3H3. The predicted octanol–water partition coefficient (Wildman–Crippen LogP) is 2.50. The summed E-state index contributed by atoms with van der Waals surface area (Å²) in [4.78, 5) is 4.72. The topological polar surface area (TPSA) is 37.0 Å². The average Bonchev–Trinajstić information content (AvgIpc) is 2.40. The third kappa shape index (κ3) is 3.40. The molecule has 2 aromatic rings. The highest BCUT2D eigenvalue weighted by Gasteiger charge is 2.07. The molecule has 1 heterocycles. The first-order valence-electron chi connectivity index (χ1n) is 6.59. The molecule has 0 aliphatic heterocycles. The lowest BCUT2D eigenvalue weighted by molar-refractivity contribution is 0.791. The summed E-state index contributed by atoms with van der Waals surface area (Å²) in [5.41, 5.74) is 5.88. The summed E-state index contributed by atoms with van der Waals surface area (Å²) >= 11 is 0. The number of pyridine rings is 1. The van der Waals surface area contributed by atoms with Gasteiger partial charge >= 0.3 is 0 Å². The molecule has 0 atom stereocenters. The summed E-state index contributed by atoms with van der Waals surface area (Å²) in [5, 5.41) is 6.36. The smallest absolute Gasteiger partial charge is 0.0709 e. The van der Waals surface area contributed by atoms with Crippen molar-refractivity contribution in [3.63, 3.8) is 0 Å². The molecule has 2 rings (SSSR count). The van der Waals surface area contributed by atoms with Gasteiger partial charge in [-0.2, -0.15) is 0 Å². The number of rotatable bonds is 5. The van der Waals surface area contributed by atoms with Crippen molar-refractivity contribution < 1.29 is 0 Å². The molecule has 0 aliphatic carbocycles. The van der Waals surface area contributed by atoms with Crippen molar-refractivity contribution >= 4 is 0 Å². The van der Waals surface area contributed by atoms with Crippen molar-refractivity contribution in [2.24, 2.45) is 0 Å². The van der Waals surface area contributed by atoms with E-state index in [1.54, 1.807) is 0 Å². The Hall–Kier alpha value is -1.71. The number of hydrogen-bond donors (Lipinski definition) is 2. The van der Waals surface area contributed by atoms with Gasteiger partial charge in [-0.25, -0.2) is 0 Å². The Balaban J connectivity index is 2.42. The van der Waals surface area contributed by atoms with Crippen LogP contribution >= 0.6 is 0 Å². The Labute approximate surface area is 115 Å². The van der Waals surface area contributed by atoms with E-state index >= 15 is 0 Å². The second kappa shape index (κ2) is 6.45. The lowest BCUT2D eigenvalue weighted by atomic mass is 10.0. The van der Waals surface area contributed by atoms with Gasteiger partial charge in [-0.15, -0.1) is 0 Å². The Kier molecular flexibility index (Phi) is 4.66. The van der Waals surface area contributed by atoms with Crippen LogP contribution in [0.5, 0.6) is 0 Å². The van der Waals surface area contributed by atoms with Crippen LogP contribution in [0.4, 0.5) is 0 Å². The van der Waals surface area contributed by atoms with Gasteiger partial charge in [-0.1, -0.05) is 29.8 Å². The molecule has 0 amide bonds. The van der Waals surface area contributed by atoms with E-state index in [0.717, 1.165) is 24.5 Å². The highest BCUT2D eigenvalue weighted by molar-refractivity contribution is 5.64. The van der Waals surface area contributed by atoms with E-state index in [1.165, 1.54) is 16.7 Å². The van der Waals surface area contributed by atoms with Crippen LogP contribution in [0.25, 0.3) is 11.3 Å². The van der Waals surface area contributed by atoms with E-state index in [0.29, 0.717) is 0 Å². The summed E-state index contributed by atoms with van der Waals surface area (Å²) in [7, 11) is 3.91. The fourth-order valence-corrected chi connectivity index (χ4v) is 2.22. The predicted molar refractivity (Wildman–Crippen MR) is 79.9 cm³/mol. The van der Waals surface area contributed by atoms with E-state index in [2.05, 4.69) is 47.9 Å². The van der Waals surface area contributed by atoms with E-state index in [9.17, 15) is 0 Å². The largest absolute Gasteiger partial charge is 0.316 e. The monoisotopic (exact) mass is 255 g/mol. The Morgan fingerprint density at radius 1 is 1.00 bits per heavy atom. The normalized spacial score (nSPS) is 10.7. The molecule has 3 heteroatoms. The summed E-state index contributed by atoms with van der Waals surface area (Å²) in [6.07, 6.45) is 0. The van der Waals surface area contributed by atoms with Crippen LogP contribution < -0.4 is 10.6 Å². The summed E-state index contributed by atoms with van der Waals surface area (Å²) in [6, 6.07) is 12.7. The van der Waals surface area contributed by atoms with Gasteiger partial charge in [0.25, 0.3) is 0 Å². The van der Waals surface area contributed by atoms with Gasteiger partial charge in [0.05, 0.1) is 11.4 Å². The number of nitrogens with zero attached hydrogens (tertiary/aromatic N) is 1. The lowest BCUT2D eigenvalue weighted by Gasteiger charge is -2.11. The highest BCUT2D eigenvalue weighted by Crippen LogP contribution is 2.23. The quantitative estimate of drug-likeness (QED) is 0.862. The first-order valence-corrected chi connectivity index (χ1v) is 6.59. The van der Waals surface area contributed by atoms with Crippen molar-refractivity contribution in [2.75, 3.05) is 14.1 Å². The molecule has 0 unspecified atom stereocenters. The minimum Gasteiger partial charge on any atom is -0.316 e. The van der Waals surface area contributed by atoms with E-state index in [1.807, 2.05) is 20.2 Å². The van der Waals surface area contributed by atoms with Crippen LogP contribution in [0, 0.1) is 6.92 Å². The second-order valence-corrected chi connectivity index (χ2v) is 4.74. The van der Waals surface area contributed by atoms with E-state index in [4.69, 9.17) is 4.98 Å². The van der Waals surface area contributed by atoms with Gasteiger partial charge in [0.2, 0.25) is 0 Å². The van der Waals surface area contributed by atoms with Gasteiger partial charge < -0.3 is 10.6 Å². The average molecular weight is 255 g/mol. The maximum atomic E-state index is 4.72. The van der Waals surface area contributed by atoms with Crippen LogP contribution in [0.1, 0.15) is 16.8 Å². The van der Waals surface area contributed by atoms with Crippen molar-refractivity contribution in [3.8, 4) is 11.3 Å². The van der Waals surface area contributed by atoms with Crippen molar-refractivity contribution in [2.45, 2.75) is 20.0 Å². The summed E-state index contributed by atoms with van der Waals surface area (Å²) in [6.45, 7) is 3.77. The molecular weight excluding hydrogens is 234 g/mol. The zero-order valence-corrected chi connectivity index (χ0v) is 11.8. The van der Waals surface area contributed by atoms with Gasteiger partial charge in [-0.05, 0) is 38.7 Å². The molecule has 0 spiro atoms. The Morgan fingerprint density at radius 2 is 1.79 bits per heavy atom. The maximum absolute atomic E-state index is 4.72. The van der Waals surface area contributed by atoms with Gasteiger partial charge in [0, 0.05) is 18.7 Å². The van der Waals surface area contributed by atoms with Crippen molar-refractivity contribution in [1.82, 2.24) is 15.6 Å². The zero-order valence-electron chi connectivity index (χ0n) is 11.8. The van der Waals surface area contributed by atoms with Crippen LogP contribution in [-0.2, 0) is 13.1 Å². The molecule has 1 aromatic carbocycles. The molecule has 0 radical (unpaired) electrons. The highest BCUT2D eigenvalue weighted by atomic mass is 14.9. The molecule has 2 N–H and O–H groups in total. The third-order valence-electron chi connectivity index (χ3n) is 3.07. The third-order valence-corrected chi connectivity index (χ3v) is 3.07. The molecule has 100 valence electrons. The van der Waals surface area contributed by atoms with Crippen LogP contribution in [0.2, 0.25) is 0 Å². The maximum Gasteiger partial charge on any atom is 0.0709 e. The van der Waals surface area contributed by atoms with Crippen LogP contribution in [0.3, 0.4) is 0 Å². The number of nitrogens with one attached hydrogen (secondary N) is 2. The molecule has 0 saturated carbocycles. The SMILES string of the molecule is CNCc1cccc(-c2ccc(C)cc2CNC)n1. The number of hydrogen-bond acceptors (Lipinski definition) is 3. The Morgan fingerprint density at radius 3 is 2.53 bits per heavy atom. The van der Waals surface area contributed by atoms with Gasteiger partial charge in [-0.3, -0.25) is 4.98 Å². The molecule has 0 bridgehead atoms.